The van der Waals surface area contributed by atoms with Crippen molar-refractivity contribution < 1.29 is 14.2 Å². The predicted octanol–water partition coefficient (Wildman–Crippen LogP) is 2.28. The Bertz CT molecular complexity index is 857. The second-order valence-electron chi connectivity index (χ2n) is 7.85. The lowest BCUT2D eigenvalue weighted by Gasteiger charge is -2.76. The molecule has 2 spiro atoms. The second kappa shape index (κ2) is 3.83. The smallest absolute Gasteiger partial charge is 0.165 e. The molecule has 1 aromatic carbocycles. The Balaban J connectivity index is 1.68. The van der Waals surface area contributed by atoms with Gasteiger partial charge in [0.15, 0.2) is 11.5 Å². The van der Waals surface area contributed by atoms with Crippen molar-refractivity contribution in [3.63, 3.8) is 0 Å². The van der Waals surface area contributed by atoms with Crippen molar-refractivity contribution in [2.24, 2.45) is 11.3 Å². The standard InChI is InChI=1S/C20H21NO3/c1-21-10-19-8-11-4-6-15(23-3)17-16(11)20(19)12(18(19)21)5-7-14(22-2)13(20)9-24-17/h4-7,13,18H,8-10H2,1-3H3/t13?,18-,19?,20?/m0/s1. The third kappa shape index (κ3) is 1.03. The highest BCUT2D eigenvalue weighted by Gasteiger charge is 2.82. The molecule has 3 unspecified atom stereocenters. The van der Waals surface area contributed by atoms with Crippen molar-refractivity contribution in [3.05, 3.63) is 46.7 Å². The van der Waals surface area contributed by atoms with E-state index in [1.54, 1.807) is 19.8 Å². The molecule has 4 heteroatoms. The first-order valence-corrected chi connectivity index (χ1v) is 8.68. The number of piperidine rings is 1. The van der Waals surface area contributed by atoms with Gasteiger partial charge in [-0.3, -0.25) is 4.90 Å². The van der Waals surface area contributed by atoms with Crippen LogP contribution in [0.5, 0.6) is 11.5 Å². The number of fused-ring (bicyclic) bond motifs is 1. The quantitative estimate of drug-likeness (QED) is 0.835. The van der Waals surface area contributed by atoms with E-state index in [9.17, 15) is 0 Å². The summed E-state index contributed by atoms with van der Waals surface area (Å²) in [7, 11) is 5.76. The van der Waals surface area contributed by atoms with Crippen molar-refractivity contribution in [2.75, 3.05) is 34.4 Å². The van der Waals surface area contributed by atoms with Crippen LogP contribution in [0, 0.1) is 11.3 Å². The number of benzene rings is 1. The Hall–Kier alpha value is -1.94. The van der Waals surface area contributed by atoms with Crippen LogP contribution in [-0.4, -0.2) is 45.4 Å². The van der Waals surface area contributed by atoms with Gasteiger partial charge in [0.05, 0.1) is 26.7 Å². The van der Waals surface area contributed by atoms with Crippen LogP contribution in [0.1, 0.15) is 11.1 Å². The summed E-state index contributed by atoms with van der Waals surface area (Å²) in [6.45, 7) is 1.82. The van der Waals surface area contributed by atoms with Gasteiger partial charge < -0.3 is 14.2 Å². The number of allylic oxidation sites excluding steroid dienone is 2. The van der Waals surface area contributed by atoms with Gasteiger partial charge in [0.25, 0.3) is 0 Å². The molecule has 0 aromatic heterocycles. The van der Waals surface area contributed by atoms with Crippen LogP contribution in [0.2, 0.25) is 0 Å². The average molecular weight is 323 g/mol. The van der Waals surface area contributed by atoms with Gasteiger partial charge in [0, 0.05) is 29.0 Å². The van der Waals surface area contributed by atoms with E-state index in [0.717, 1.165) is 30.2 Å². The molecule has 1 aromatic rings. The normalized spacial score (nSPS) is 40.0. The second-order valence-corrected chi connectivity index (χ2v) is 7.85. The minimum absolute atomic E-state index is 0.0573. The zero-order valence-corrected chi connectivity index (χ0v) is 14.3. The van der Waals surface area contributed by atoms with E-state index in [1.165, 1.54) is 11.1 Å². The van der Waals surface area contributed by atoms with Gasteiger partial charge in [-0.05, 0) is 36.7 Å². The van der Waals surface area contributed by atoms with Crippen molar-refractivity contribution in [3.8, 4) is 11.5 Å². The Morgan fingerprint density at radius 3 is 2.83 bits per heavy atom. The lowest BCUT2D eigenvalue weighted by atomic mass is 9.35. The third-order valence-electron chi connectivity index (χ3n) is 7.28. The number of hydrogen-bond acceptors (Lipinski definition) is 4. The third-order valence-corrected chi connectivity index (χ3v) is 7.28. The van der Waals surface area contributed by atoms with E-state index in [1.807, 2.05) is 0 Å². The summed E-state index contributed by atoms with van der Waals surface area (Å²) in [5, 5.41) is 0. The first-order valence-electron chi connectivity index (χ1n) is 8.68. The Morgan fingerprint density at radius 2 is 2.08 bits per heavy atom. The number of likely N-dealkylation sites (N-methyl/N-ethyl adjacent to an activating group) is 1. The number of ether oxygens (including phenoxy) is 3. The highest BCUT2D eigenvalue weighted by molar-refractivity contribution is 5.73. The zero-order valence-electron chi connectivity index (χ0n) is 14.3. The zero-order chi connectivity index (χ0) is 16.3. The topological polar surface area (TPSA) is 30.9 Å². The highest BCUT2D eigenvalue weighted by Crippen LogP contribution is 2.79. The Labute approximate surface area is 141 Å². The van der Waals surface area contributed by atoms with Gasteiger partial charge in [0.2, 0.25) is 0 Å². The fourth-order valence-electron chi connectivity index (χ4n) is 6.78. The van der Waals surface area contributed by atoms with Crippen LogP contribution < -0.4 is 9.47 Å². The monoisotopic (exact) mass is 323 g/mol. The Morgan fingerprint density at radius 1 is 1.21 bits per heavy atom. The number of rotatable bonds is 2. The molecule has 1 saturated carbocycles. The summed E-state index contributed by atoms with van der Waals surface area (Å²) in [6.07, 6.45) is 5.62. The fourth-order valence-corrected chi connectivity index (χ4v) is 6.78. The molecular weight excluding hydrogens is 302 g/mol. The van der Waals surface area contributed by atoms with Gasteiger partial charge in [-0.25, -0.2) is 0 Å². The average Bonchev–Trinajstić information content (AvgIpc) is 2.85. The summed E-state index contributed by atoms with van der Waals surface area (Å²) in [5.74, 6) is 3.18. The van der Waals surface area contributed by atoms with E-state index in [2.05, 4.69) is 36.2 Å². The number of nitrogens with zero attached hydrogens (tertiary/aromatic N) is 1. The summed E-state index contributed by atoms with van der Waals surface area (Å²) < 4.78 is 17.6. The number of hydrogen-bond donors (Lipinski definition) is 0. The maximum atomic E-state index is 6.25. The predicted molar refractivity (Wildman–Crippen MR) is 89.4 cm³/mol. The molecule has 2 heterocycles. The molecule has 4 atom stereocenters. The number of likely N-dealkylation sites (tertiary alicyclic amines) is 1. The van der Waals surface area contributed by atoms with Crippen LogP contribution in [0.4, 0.5) is 0 Å². The molecule has 0 bridgehead atoms. The van der Waals surface area contributed by atoms with Crippen molar-refractivity contribution >= 4 is 0 Å². The lowest BCUT2D eigenvalue weighted by molar-refractivity contribution is -0.172. The molecule has 2 aliphatic heterocycles. The van der Waals surface area contributed by atoms with E-state index in [4.69, 9.17) is 14.2 Å². The molecule has 0 N–H and O–H groups in total. The molecule has 2 fully saturated rings. The van der Waals surface area contributed by atoms with E-state index in [0.29, 0.717) is 18.1 Å². The molecule has 0 radical (unpaired) electrons. The largest absolute Gasteiger partial charge is 0.501 e. The van der Waals surface area contributed by atoms with E-state index in [-0.39, 0.29) is 11.3 Å². The minimum Gasteiger partial charge on any atom is -0.501 e. The first-order chi connectivity index (χ1) is 11.7. The van der Waals surface area contributed by atoms with Gasteiger partial charge >= 0.3 is 0 Å². The maximum Gasteiger partial charge on any atom is 0.165 e. The fraction of sp³-hybridized carbons (Fsp3) is 0.500. The van der Waals surface area contributed by atoms with Crippen molar-refractivity contribution in [1.29, 1.82) is 0 Å². The van der Waals surface area contributed by atoms with Crippen molar-refractivity contribution in [1.82, 2.24) is 4.90 Å². The summed E-state index contributed by atoms with van der Waals surface area (Å²) in [4.78, 5) is 2.50. The lowest BCUT2D eigenvalue weighted by Crippen LogP contribution is -2.83. The van der Waals surface area contributed by atoms with E-state index >= 15 is 0 Å². The van der Waals surface area contributed by atoms with Gasteiger partial charge in [-0.15, -0.1) is 0 Å². The number of methoxy groups -OCH3 is 2. The minimum atomic E-state index is 0.0573. The molecule has 0 amide bonds. The molecule has 6 rings (SSSR count). The molecule has 3 aliphatic carbocycles. The Kier molecular flexibility index (Phi) is 2.13. The van der Waals surface area contributed by atoms with Crippen LogP contribution in [0.25, 0.3) is 0 Å². The van der Waals surface area contributed by atoms with E-state index < -0.39 is 0 Å². The molecule has 124 valence electrons. The summed E-state index contributed by atoms with van der Waals surface area (Å²) in [6, 6.07) is 4.89. The van der Waals surface area contributed by atoms with Crippen LogP contribution in [-0.2, 0) is 16.6 Å². The van der Waals surface area contributed by atoms with Crippen LogP contribution in [0.15, 0.2) is 35.6 Å². The summed E-state index contributed by atoms with van der Waals surface area (Å²) >= 11 is 0. The van der Waals surface area contributed by atoms with Gasteiger partial charge in [-0.2, -0.15) is 0 Å². The van der Waals surface area contributed by atoms with Gasteiger partial charge in [-0.1, -0.05) is 12.1 Å². The van der Waals surface area contributed by atoms with Crippen molar-refractivity contribution in [2.45, 2.75) is 17.9 Å². The highest BCUT2D eigenvalue weighted by atomic mass is 16.5. The maximum absolute atomic E-state index is 6.25. The molecule has 24 heavy (non-hydrogen) atoms. The molecular formula is C20H21NO3. The van der Waals surface area contributed by atoms with Crippen LogP contribution >= 0.6 is 0 Å². The first kappa shape index (κ1) is 13.4. The molecule has 5 aliphatic rings. The molecule has 4 nitrogen and oxygen atoms in total. The van der Waals surface area contributed by atoms with Crippen LogP contribution in [0.3, 0.4) is 0 Å². The molecule has 1 saturated heterocycles. The SMILES string of the molecule is COC1=CC=C2[C@@H]3N(C)CC34Cc3ccc(OC)c5c3C24C1CO5. The summed E-state index contributed by atoms with van der Waals surface area (Å²) in [5.41, 5.74) is 4.75. The van der Waals surface area contributed by atoms with Gasteiger partial charge in [0.1, 0.15) is 5.76 Å².